The first-order chi connectivity index (χ1) is 25.1. The van der Waals surface area contributed by atoms with Crippen LogP contribution in [-0.4, -0.2) is 75.5 Å². The molecule has 3 heterocycles. The van der Waals surface area contributed by atoms with Gasteiger partial charge in [-0.2, -0.15) is 23.4 Å². The molecule has 0 radical (unpaired) electrons. The summed E-state index contributed by atoms with van der Waals surface area (Å²) in [6, 6.07) is 26.6. The van der Waals surface area contributed by atoms with Crippen LogP contribution in [0.2, 0.25) is 0 Å². The molecule has 0 aliphatic carbocycles. The second kappa shape index (κ2) is 15.6. The van der Waals surface area contributed by atoms with Crippen LogP contribution in [0.1, 0.15) is 35.8 Å². The lowest BCUT2D eigenvalue weighted by Gasteiger charge is -2.37. The Hall–Kier alpha value is -5.21. The van der Waals surface area contributed by atoms with Crippen LogP contribution in [-0.2, 0) is 19.9 Å². The SMILES string of the molecule is COc1ccc(C(OC[C@H]2O[C@@H](n3cnc4c(SCCC#N)nc(NC(=O)C(F)(F)F)nc43)C[C@@H]2O)(c2ccccc2)c2ccc(OC)cc2)cc1. The van der Waals surface area contributed by atoms with Crippen LogP contribution in [0, 0.1) is 11.3 Å². The van der Waals surface area contributed by atoms with Gasteiger partial charge >= 0.3 is 12.1 Å². The molecule has 5 aromatic rings. The summed E-state index contributed by atoms with van der Waals surface area (Å²) < 4.78 is 64.9. The van der Waals surface area contributed by atoms with E-state index >= 15 is 0 Å². The van der Waals surface area contributed by atoms with Gasteiger partial charge in [-0.15, -0.1) is 11.8 Å². The third kappa shape index (κ3) is 7.53. The Morgan fingerprint density at radius 3 is 2.19 bits per heavy atom. The van der Waals surface area contributed by atoms with Gasteiger partial charge in [-0.1, -0.05) is 54.6 Å². The van der Waals surface area contributed by atoms with Crippen molar-refractivity contribution in [2.75, 3.05) is 31.9 Å². The molecule has 1 fully saturated rings. The number of halogens is 3. The van der Waals surface area contributed by atoms with Crippen LogP contribution in [0.3, 0.4) is 0 Å². The highest BCUT2D eigenvalue weighted by molar-refractivity contribution is 7.99. The van der Waals surface area contributed by atoms with Crippen molar-refractivity contribution in [1.29, 1.82) is 5.26 Å². The number of carbonyl (C=O) groups excluding carboxylic acids is 1. The van der Waals surface area contributed by atoms with Gasteiger partial charge in [-0.25, -0.2) is 9.97 Å². The molecule has 0 unspecified atom stereocenters. The van der Waals surface area contributed by atoms with Crippen LogP contribution in [0.5, 0.6) is 11.5 Å². The molecule has 12 nitrogen and oxygen atoms in total. The van der Waals surface area contributed by atoms with Gasteiger partial charge in [0, 0.05) is 18.6 Å². The number of nitrogens with zero attached hydrogens (tertiary/aromatic N) is 5. The van der Waals surface area contributed by atoms with E-state index in [4.69, 9.17) is 24.2 Å². The molecule has 0 spiro atoms. The highest BCUT2D eigenvalue weighted by atomic mass is 32.2. The third-order valence-corrected chi connectivity index (χ3v) is 9.44. The largest absolute Gasteiger partial charge is 0.497 e. The average Bonchev–Trinajstić information content (AvgIpc) is 3.75. The van der Waals surface area contributed by atoms with Crippen molar-refractivity contribution < 1.29 is 42.0 Å². The molecular weight excluding hydrogens is 701 g/mol. The highest BCUT2D eigenvalue weighted by Crippen LogP contribution is 2.43. The van der Waals surface area contributed by atoms with E-state index in [0.29, 0.717) is 11.5 Å². The molecule has 2 N–H and O–H groups in total. The Labute approximate surface area is 300 Å². The Morgan fingerprint density at radius 1 is 1.00 bits per heavy atom. The van der Waals surface area contributed by atoms with Crippen LogP contribution in [0.15, 0.2) is 90.2 Å². The minimum atomic E-state index is -5.18. The summed E-state index contributed by atoms with van der Waals surface area (Å²) in [5, 5.41) is 22.2. The van der Waals surface area contributed by atoms with Crippen molar-refractivity contribution in [1.82, 2.24) is 19.5 Å². The van der Waals surface area contributed by atoms with Gasteiger partial charge in [-0.05, 0) is 41.0 Å². The minimum Gasteiger partial charge on any atom is -0.497 e. The third-order valence-electron chi connectivity index (χ3n) is 8.48. The smallest absolute Gasteiger partial charge is 0.471 e. The first kappa shape index (κ1) is 36.6. The fraction of sp³-hybridized carbons (Fsp3) is 0.306. The molecule has 0 saturated carbocycles. The Balaban J connectivity index is 1.34. The van der Waals surface area contributed by atoms with Crippen molar-refractivity contribution in [2.45, 2.75) is 48.1 Å². The molecule has 6 rings (SSSR count). The zero-order chi connectivity index (χ0) is 36.9. The van der Waals surface area contributed by atoms with Gasteiger partial charge in [0.25, 0.3) is 0 Å². The van der Waals surface area contributed by atoms with Gasteiger partial charge in [0.15, 0.2) is 5.65 Å². The predicted octanol–water partition coefficient (Wildman–Crippen LogP) is 6.01. The van der Waals surface area contributed by atoms with E-state index in [9.17, 15) is 23.1 Å². The monoisotopic (exact) mass is 734 g/mol. The summed E-state index contributed by atoms with van der Waals surface area (Å²) in [5.74, 6) is -1.26. The number of ether oxygens (including phenoxy) is 4. The lowest BCUT2D eigenvalue weighted by molar-refractivity contribution is -0.167. The minimum absolute atomic E-state index is 0.0635. The molecule has 16 heteroatoms. The van der Waals surface area contributed by atoms with E-state index in [2.05, 4.69) is 15.0 Å². The maximum absolute atomic E-state index is 13.1. The zero-order valence-corrected chi connectivity index (χ0v) is 28.7. The van der Waals surface area contributed by atoms with Gasteiger partial charge in [0.2, 0.25) is 5.95 Å². The summed E-state index contributed by atoms with van der Waals surface area (Å²) in [4.78, 5) is 24.4. The number of alkyl halides is 3. The number of methoxy groups -OCH3 is 2. The molecular formula is C36H33F3N6O6S. The number of imidazole rings is 1. The Morgan fingerprint density at radius 2 is 1.62 bits per heavy atom. The lowest BCUT2D eigenvalue weighted by atomic mass is 9.80. The molecule has 0 bridgehead atoms. The second-order valence-electron chi connectivity index (χ2n) is 11.6. The van der Waals surface area contributed by atoms with Crippen LogP contribution in [0.25, 0.3) is 11.2 Å². The van der Waals surface area contributed by atoms with Crippen LogP contribution >= 0.6 is 11.8 Å². The zero-order valence-electron chi connectivity index (χ0n) is 27.9. The van der Waals surface area contributed by atoms with E-state index < -0.39 is 42.1 Å². The number of rotatable bonds is 13. The molecule has 1 amide bonds. The summed E-state index contributed by atoms with van der Waals surface area (Å²) in [6.45, 7) is -0.0889. The number of fused-ring (bicyclic) bond motifs is 1. The van der Waals surface area contributed by atoms with Crippen LogP contribution < -0.4 is 14.8 Å². The maximum Gasteiger partial charge on any atom is 0.471 e. The van der Waals surface area contributed by atoms with E-state index in [1.54, 1.807) is 19.5 Å². The molecule has 270 valence electrons. The number of hydrogen-bond donors (Lipinski definition) is 2. The second-order valence-corrected chi connectivity index (χ2v) is 12.7. The van der Waals surface area contributed by atoms with E-state index in [-0.39, 0.29) is 41.4 Å². The first-order valence-electron chi connectivity index (χ1n) is 16.0. The predicted molar refractivity (Wildman–Crippen MR) is 184 cm³/mol. The fourth-order valence-corrected chi connectivity index (χ4v) is 6.76. The van der Waals surface area contributed by atoms with E-state index in [1.807, 2.05) is 84.9 Å². The number of benzene rings is 3. The molecule has 3 atom stereocenters. The van der Waals surface area contributed by atoms with Gasteiger partial charge in [0.1, 0.15) is 40.0 Å². The highest BCUT2D eigenvalue weighted by Gasteiger charge is 2.43. The molecule has 1 aliphatic rings. The number of nitriles is 1. The normalized spacial score (nSPS) is 17.5. The quantitative estimate of drug-likeness (QED) is 0.0633. The Bertz CT molecular complexity index is 1990. The van der Waals surface area contributed by atoms with Gasteiger partial charge in [-0.3, -0.25) is 14.7 Å². The maximum atomic E-state index is 13.1. The summed E-state index contributed by atoms with van der Waals surface area (Å²) in [6.07, 6.45) is -6.35. The topological polar surface area (TPSA) is 154 Å². The summed E-state index contributed by atoms with van der Waals surface area (Å²) in [5.41, 5.74) is 1.48. The molecule has 1 aliphatic heterocycles. The number of hydrogen-bond acceptors (Lipinski definition) is 11. The van der Waals surface area contributed by atoms with Crippen molar-refractivity contribution in [3.05, 3.63) is 102 Å². The van der Waals surface area contributed by atoms with Crippen molar-refractivity contribution in [2.24, 2.45) is 0 Å². The first-order valence-corrected chi connectivity index (χ1v) is 17.0. The number of carbonyl (C=O) groups is 1. The van der Waals surface area contributed by atoms with Crippen LogP contribution in [0.4, 0.5) is 19.1 Å². The molecule has 3 aromatic carbocycles. The fourth-order valence-electron chi connectivity index (χ4n) is 5.94. The average molecular weight is 735 g/mol. The molecule has 1 saturated heterocycles. The number of anilines is 1. The Kier molecular flexibility index (Phi) is 11.0. The number of aliphatic hydroxyl groups is 1. The van der Waals surface area contributed by atoms with Gasteiger partial charge < -0.3 is 24.1 Å². The van der Waals surface area contributed by atoms with Crippen molar-refractivity contribution >= 4 is 34.8 Å². The van der Waals surface area contributed by atoms with Crippen molar-refractivity contribution in [3.63, 3.8) is 0 Å². The molecule has 2 aromatic heterocycles. The van der Waals surface area contributed by atoms with E-state index in [0.717, 1.165) is 28.5 Å². The molecule has 52 heavy (non-hydrogen) atoms. The number of aromatic nitrogens is 4. The van der Waals surface area contributed by atoms with E-state index in [1.165, 1.54) is 10.9 Å². The summed E-state index contributed by atoms with van der Waals surface area (Å²) >= 11 is 1.08. The standard InChI is InChI=1S/C36H33F3N6O6S/c1-48-25-13-9-23(10-14-25)35(22-7-4-3-5-8-22,24-11-15-26(49-2)16-12-24)50-20-28-27(46)19-29(51-28)45-21-41-30-31(45)42-34(44-33(47)36(37,38)39)43-32(30)52-18-6-17-40/h3-5,7-16,21,27-29,46H,6,18-20H2,1-2H3,(H,42,43,44,47)/t27-,28+,29+/m0/s1. The lowest BCUT2D eigenvalue weighted by Crippen LogP contribution is -2.38. The number of aliphatic hydroxyl groups excluding tert-OH is 1. The number of nitrogens with one attached hydrogen (secondary N) is 1. The summed E-state index contributed by atoms with van der Waals surface area (Å²) in [7, 11) is 3.16. The van der Waals surface area contributed by atoms with Gasteiger partial charge in [0.05, 0.1) is 39.3 Å². The number of thioether (sulfide) groups is 1. The van der Waals surface area contributed by atoms with Crippen molar-refractivity contribution in [3.8, 4) is 17.6 Å². The number of amides is 1.